The van der Waals surface area contributed by atoms with E-state index >= 15 is 0 Å². The first-order valence-corrected chi connectivity index (χ1v) is 13.2. The zero-order valence-electron chi connectivity index (χ0n) is 22.4. The van der Waals surface area contributed by atoms with Gasteiger partial charge in [-0.25, -0.2) is 0 Å². The molecule has 3 aromatic rings. The summed E-state index contributed by atoms with van der Waals surface area (Å²) < 4.78 is 16.4. The molecule has 0 atom stereocenters. The average molecular weight is 520 g/mol. The highest BCUT2D eigenvalue weighted by Gasteiger charge is 2.22. The standard InChI is InChI=1S/C34H33NO4/c1-25(36)39-34-30(21-29-18-20-38-24-33(29)34)17-19-35(22-26-13-15-31(37-2)16-14-26)23-32(27-9-5-3-6-10-27)28-11-7-4-8-12-28/h3-16,18,20-21,24,32H,17,19,22-23H2,1-2H3. The molecule has 0 radical (unpaired) electrons. The van der Waals surface area contributed by atoms with Crippen molar-refractivity contribution in [3.63, 3.8) is 0 Å². The van der Waals surface area contributed by atoms with Gasteiger partial charge < -0.3 is 13.9 Å². The summed E-state index contributed by atoms with van der Waals surface area (Å²) in [5.41, 5.74) is 6.59. The van der Waals surface area contributed by atoms with Crippen molar-refractivity contribution < 1.29 is 18.7 Å². The Kier molecular flexibility index (Phi) is 8.39. The minimum atomic E-state index is -0.337. The molecule has 3 aromatic carbocycles. The van der Waals surface area contributed by atoms with Crippen molar-refractivity contribution in [2.24, 2.45) is 0 Å². The van der Waals surface area contributed by atoms with Gasteiger partial charge in [-0.3, -0.25) is 9.69 Å². The molecule has 0 bridgehead atoms. The number of hydrogen-bond acceptors (Lipinski definition) is 5. The number of ether oxygens (including phenoxy) is 2. The summed E-state index contributed by atoms with van der Waals surface area (Å²) >= 11 is 0. The largest absolute Gasteiger partial charge is 0.497 e. The number of esters is 1. The predicted molar refractivity (Wildman–Crippen MR) is 153 cm³/mol. The zero-order valence-corrected chi connectivity index (χ0v) is 22.4. The number of hydrogen-bond donors (Lipinski definition) is 0. The van der Waals surface area contributed by atoms with Crippen LogP contribution in [0.3, 0.4) is 0 Å². The summed E-state index contributed by atoms with van der Waals surface area (Å²) in [6.07, 6.45) is 4.01. The second-order valence-corrected chi connectivity index (χ2v) is 9.73. The minimum absolute atomic E-state index is 0.205. The molecular weight excluding hydrogens is 486 g/mol. The third-order valence-electron chi connectivity index (χ3n) is 7.04. The molecule has 0 aromatic heterocycles. The Morgan fingerprint density at radius 1 is 0.897 bits per heavy atom. The summed E-state index contributed by atoms with van der Waals surface area (Å²) in [6, 6.07) is 33.6. The van der Waals surface area contributed by atoms with E-state index in [4.69, 9.17) is 13.9 Å². The molecule has 0 saturated heterocycles. The fraction of sp³-hybridized carbons (Fsp3) is 0.206. The molecule has 5 heteroatoms. The van der Waals surface area contributed by atoms with Crippen molar-refractivity contribution in [3.05, 3.63) is 132 Å². The number of carbonyl (C=O) groups excluding carboxylic acids is 1. The lowest BCUT2D eigenvalue weighted by atomic mass is 9.90. The van der Waals surface area contributed by atoms with Gasteiger partial charge in [-0.05, 0) is 58.5 Å². The maximum absolute atomic E-state index is 11.9. The van der Waals surface area contributed by atoms with Gasteiger partial charge in [-0.15, -0.1) is 0 Å². The van der Waals surface area contributed by atoms with Crippen LogP contribution in [0.1, 0.15) is 35.1 Å². The van der Waals surface area contributed by atoms with E-state index in [1.807, 2.05) is 18.2 Å². The van der Waals surface area contributed by atoms with Crippen molar-refractivity contribution in [2.75, 3.05) is 20.2 Å². The summed E-state index contributed by atoms with van der Waals surface area (Å²) in [5, 5.41) is 0. The lowest BCUT2D eigenvalue weighted by molar-refractivity contribution is -0.131. The molecule has 1 aliphatic heterocycles. The van der Waals surface area contributed by atoms with E-state index in [1.54, 1.807) is 19.6 Å². The molecule has 0 saturated carbocycles. The van der Waals surface area contributed by atoms with Gasteiger partial charge >= 0.3 is 5.97 Å². The highest BCUT2D eigenvalue weighted by Crippen LogP contribution is 2.39. The lowest BCUT2D eigenvalue weighted by Crippen LogP contribution is -2.31. The second-order valence-electron chi connectivity index (χ2n) is 9.73. The average Bonchev–Trinajstić information content (AvgIpc) is 3.32. The fourth-order valence-electron chi connectivity index (χ4n) is 5.10. The van der Waals surface area contributed by atoms with Crippen molar-refractivity contribution in [2.45, 2.75) is 25.8 Å². The van der Waals surface area contributed by atoms with Crippen LogP contribution in [0.25, 0.3) is 11.1 Å². The van der Waals surface area contributed by atoms with Crippen molar-refractivity contribution >= 4 is 5.97 Å². The summed E-state index contributed by atoms with van der Waals surface area (Å²) in [6.45, 7) is 3.82. The molecule has 5 rings (SSSR count). The van der Waals surface area contributed by atoms with E-state index < -0.39 is 0 Å². The monoisotopic (exact) mass is 519 g/mol. The first kappa shape index (κ1) is 26.3. The Bertz CT molecular complexity index is 1400. The molecule has 0 amide bonds. The molecule has 0 spiro atoms. The Hall–Kier alpha value is -4.35. The van der Waals surface area contributed by atoms with Crippen LogP contribution < -0.4 is 9.47 Å². The third-order valence-corrected chi connectivity index (χ3v) is 7.04. The normalized spacial score (nSPS) is 11.3. The van der Waals surface area contributed by atoms with Gasteiger partial charge in [0, 0.05) is 32.5 Å². The number of rotatable bonds is 11. The van der Waals surface area contributed by atoms with Gasteiger partial charge in [-0.1, -0.05) is 72.8 Å². The molecule has 0 N–H and O–H groups in total. The molecule has 1 aliphatic carbocycles. The zero-order chi connectivity index (χ0) is 27.0. The molecule has 39 heavy (non-hydrogen) atoms. The van der Waals surface area contributed by atoms with Crippen molar-refractivity contribution in [1.82, 2.24) is 4.90 Å². The van der Waals surface area contributed by atoms with E-state index in [1.165, 1.54) is 23.6 Å². The maximum atomic E-state index is 11.9. The Balaban J connectivity index is 1.45. The number of carbonyl (C=O) groups is 1. The van der Waals surface area contributed by atoms with E-state index in [0.29, 0.717) is 5.75 Å². The van der Waals surface area contributed by atoms with Crippen LogP contribution in [0.4, 0.5) is 0 Å². The molecular formula is C34H33NO4. The molecule has 0 unspecified atom stereocenters. The van der Waals surface area contributed by atoms with Crippen LogP contribution >= 0.6 is 0 Å². The van der Waals surface area contributed by atoms with Crippen molar-refractivity contribution in [1.29, 1.82) is 0 Å². The summed E-state index contributed by atoms with van der Waals surface area (Å²) in [5.74, 6) is 1.30. The SMILES string of the molecule is COc1ccc(CN(CCc2cc3ccocc-3c2OC(C)=O)CC(c2ccccc2)c2ccccc2)cc1. The van der Waals surface area contributed by atoms with Crippen LogP contribution in [-0.2, 0) is 17.8 Å². The van der Waals surface area contributed by atoms with Crippen LogP contribution in [0, 0.1) is 0 Å². The summed E-state index contributed by atoms with van der Waals surface area (Å²) in [7, 11) is 1.68. The second kappa shape index (κ2) is 12.5. The third kappa shape index (κ3) is 6.57. The number of nitrogens with zero attached hydrogens (tertiary/aromatic N) is 1. The molecule has 2 aliphatic rings. The molecule has 198 valence electrons. The highest BCUT2D eigenvalue weighted by atomic mass is 16.5. The predicted octanol–water partition coefficient (Wildman–Crippen LogP) is 7.20. The fourth-order valence-corrected chi connectivity index (χ4v) is 5.10. The van der Waals surface area contributed by atoms with Gasteiger partial charge in [0.15, 0.2) is 0 Å². The molecule has 0 fully saturated rings. The Morgan fingerprint density at radius 3 is 2.18 bits per heavy atom. The van der Waals surface area contributed by atoms with E-state index in [9.17, 15) is 4.79 Å². The van der Waals surface area contributed by atoms with E-state index in [-0.39, 0.29) is 11.9 Å². The first-order chi connectivity index (χ1) is 19.1. The maximum Gasteiger partial charge on any atom is 0.308 e. The molecule has 5 nitrogen and oxygen atoms in total. The van der Waals surface area contributed by atoms with Gasteiger partial charge in [0.2, 0.25) is 0 Å². The van der Waals surface area contributed by atoms with Crippen LogP contribution in [0.2, 0.25) is 0 Å². The first-order valence-electron chi connectivity index (χ1n) is 13.2. The number of benzene rings is 3. The van der Waals surface area contributed by atoms with Gasteiger partial charge in [0.05, 0.1) is 18.9 Å². The quantitative estimate of drug-likeness (QED) is 0.173. The lowest BCUT2D eigenvalue weighted by Gasteiger charge is -2.28. The highest BCUT2D eigenvalue weighted by molar-refractivity contribution is 5.80. The topological polar surface area (TPSA) is 51.9 Å². The van der Waals surface area contributed by atoms with Crippen molar-refractivity contribution in [3.8, 4) is 22.6 Å². The van der Waals surface area contributed by atoms with E-state index in [2.05, 4.69) is 83.8 Å². The minimum Gasteiger partial charge on any atom is -0.497 e. The number of methoxy groups -OCH3 is 1. The van der Waals surface area contributed by atoms with Crippen LogP contribution in [0.15, 0.2) is 114 Å². The van der Waals surface area contributed by atoms with Crippen LogP contribution in [-0.4, -0.2) is 31.1 Å². The van der Waals surface area contributed by atoms with Crippen LogP contribution in [0.5, 0.6) is 11.5 Å². The van der Waals surface area contributed by atoms with Gasteiger partial charge in [0.25, 0.3) is 0 Å². The van der Waals surface area contributed by atoms with E-state index in [0.717, 1.165) is 48.5 Å². The Labute approximate surface area is 230 Å². The van der Waals surface area contributed by atoms with Gasteiger partial charge in [-0.2, -0.15) is 0 Å². The number of fused-ring (bicyclic) bond motifs is 1. The Morgan fingerprint density at radius 2 is 1.56 bits per heavy atom. The molecule has 1 heterocycles. The summed E-state index contributed by atoms with van der Waals surface area (Å²) in [4.78, 5) is 14.4. The smallest absolute Gasteiger partial charge is 0.308 e. The van der Waals surface area contributed by atoms with Gasteiger partial charge in [0.1, 0.15) is 17.8 Å².